The Labute approximate surface area is 135 Å². The Bertz CT molecular complexity index is 739. The molecule has 2 aromatic rings. The normalized spacial score (nSPS) is 26.5. The summed E-state index contributed by atoms with van der Waals surface area (Å²) in [5.41, 5.74) is 3.31. The van der Waals surface area contributed by atoms with Gasteiger partial charge in [0.1, 0.15) is 0 Å². The summed E-state index contributed by atoms with van der Waals surface area (Å²) in [4.78, 5) is 15.1. The molecule has 23 heavy (non-hydrogen) atoms. The van der Waals surface area contributed by atoms with Crippen LogP contribution in [0.5, 0.6) is 0 Å². The van der Waals surface area contributed by atoms with Gasteiger partial charge in [-0.2, -0.15) is 5.10 Å². The summed E-state index contributed by atoms with van der Waals surface area (Å²) in [6, 6.07) is 8.21. The number of carbonyl (C=O) groups is 1. The van der Waals surface area contributed by atoms with E-state index in [1.165, 1.54) is 5.56 Å². The Morgan fingerprint density at radius 2 is 2.17 bits per heavy atom. The fourth-order valence-corrected chi connectivity index (χ4v) is 3.79. The van der Waals surface area contributed by atoms with E-state index in [4.69, 9.17) is 4.74 Å². The summed E-state index contributed by atoms with van der Waals surface area (Å²) in [7, 11) is 1.88. The van der Waals surface area contributed by atoms with Gasteiger partial charge in [-0.15, -0.1) is 0 Å². The first kappa shape index (κ1) is 14.5. The molecule has 0 saturated carbocycles. The van der Waals surface area contributed by atoms with Gasteiger partial charge in [-0.25, -0.2) is 0 Å². The van der Waals surface area contributed by atoms with Crippen LogP contribution in [0.15, 0.2) is 36.7 Å². The highest BCUT2D eigenvalue weighted by Gasteiger charge is 2.41. The minimum atomic E-state index is -0.181. The molecule has 0 aliphatic carbocycles. The van der Waals surface area contributed by atoms with Crippen molar-refractivity contribution in [3.05, 3.63) is 47.8 Å². The molecule has 0 radical (unpaired) electrons. The molecule has 4 rings (SSSR count). The van der Waals surface area contributed by atoms with Gasteiger partial charge in [0.15, 0.2) is 0 Å². The van der Waals surface area contributed by atoms with E-state index in [0.717, 1.165) is 24.2 Å². The van der Waals surface area contributed by atoms with E-state index >= 15 is 0 Å². The number of hydrogen-bond donors (Lipinski definition) is 0. The van der Waals surface area contributed by atoms with Crippen LogP contribution in [0.4, 0.5) is 5.69 Å². The summed E-state index contributed by atoms with van der Waals surface area (Å²) in [6.07, 6.45) is 4.33. The Kier molecular flexibility index (Phi) is 3.45. The highest BCUT2D eigenvalue weighted by atomic mass is 16.5. The van der Waals surface area contributed by atoms with Crippen LogP contribution in [-0.4, -0.2) is 28.8 Å². The van der Waals surface area contributed by atoms with Gasteiger partial charge < -0.3 is 9.64 Å². The van der Waals surface area contributed by atoms with Gasteiger partial charge in [0.05, 0.1) is 18.2 Å². The van der Waals surface area contributed by atoms with E-state index in [-0.39, 0.29) is 17.9 Å². The van der Waals surface area contributed by atoms with Crippen molar-refractivity contribution in [2.75, 3.05) is 18.1 Å². The average molecular weight is 311 g/mol. The maximum absolute atomic E-state index is 13.2. The molecule has 1 aromatic carbocycles. The zero-order chi connectivity index (χ0) is 16.0. The van der Waals surface area contributed by atoms with E-state index < -0.39 is 0 Å². The van der Waals surface area contributed by atoms with Gasteiger partial charge in [0.2, 0.25) is 5.91 Å². The van der Waals surface area contributed by atoms with Crippen molar-refractivity contribution < 1.29 is 9.53 Å². The summed E-state index contributed by atoms with van der Waals surface area (Å²) in [5.74, 6) is 0.431. The predicted molar refractivity (Wildman–Crippen MR) is 87.2 cm³/mol. The molecular weight excluding hydrogens is 290 g/mol. The minimum absolute atomic E-state index is 0.127. The van der Waals surface area contributed by atoms with Crippen LogP contribution < -0.4 is 4.90 Å². The lowest BCUT2D eigenvalue weighted by molar-refractivity contribution is -0.124. The van der Waals surface area contributed by atoms with Crippen molar-refractivity contribution in [2.45, 2.75) is 25.4 Å². The standard InChI is InChI=1S/C18H21N3O2/c1-12-10-21(16-6-4-3-5-14(12)16)18(22)15-7-8-23-17(15)13-9-19-20(2)11-13/h3-6,9,11-12,15,17H,7-8,10H2,1-2H3/t12?,15-,17+/m0/s1. The molecule has 1 unspecified atom stereocenters. The van der Waals surface area contributed by atoms with Gasteiger partial charge in [0, 0.05) is 43.6 Å². The van der Waals surface area contributed by atoms with Gasteiger partial charge in [-0.3, -0.25) is 9.48 Å². The summed E-state index contributed by atoms with van der Waals surface area (Å²) < 4.78 is 7.62. The monoisotopic (exact) mass is 311 g/mol. The SMILES string of the molecule is CC1CN(C(=O)[C@H]2CCO[C@@H]2c2cnn(C)c2)c2ccccc21. The first-order valence-electron chi connectivity index (χ1n) is 8.15. The molecule has 1 amide bonds. The molecule has 3 heterocycles. The Balaban J connectivity index is 1.62. The van der Waals surface area contributed by atoms with Crippen molar-refractivity contribution in [3.8, 4) is 0 Å². The predicted octanol–water partition coefficient (Wildman–Crippen LogP) is 2.65. The molecule has 1 fully saturated rings. The fourth-order valence-electron chi connectivity index (χ4n) is 3.79. The number of carbonyl (C=O) groups excluding carboxylic acids is 1. The number of aromatic nitrogens is 2. The second-order valence-electron chi connectivity index (χ2n) is 6.54. The molecule has 5 heteroatoms. The van der Waals surface area contributed by atoms with Crippen molar-refractivity contribution in [3.63, 3.8) is 0 Å². The molecule has 3 atom stereocenters. The van der Waals surface area contributed by atoms with Gasteiger partial charge in [0.25, 0.3) is 0 Å². The molecule has 1 aromatic heterocycles. The maximum atomic E-state index is 13.2. The third-order valence-electron chi connectivity index (χ3n) is 4.94. The number of rotatable bonds is 2. The number of anilines is 1. The molecule has 0 bridgehead atoms. The number of hydrogen-bond acceptors (Lipinski definition) is 3. The van der Waals surface area contributed by atoms with Crippen LogP contribution in [0.1, 0.15) is 36.5 Å². The Morgan fingerprint density at radius 1 is 1.35 bits per heavy atom. The number of nitrogens with zero attached hydrogens (tertiary/aromatic N) is 3. The molecule has 120 valence electrons. The largest absolute Gasteiger partial charge is 0.373 e. The molecule has 0 spiro atoms. The third-order valence-corrected chi connectivity index (χ3v) is 4.94. The van der Waals surface area contributed by atoms with Gasteiger partial charge in [-0.1, -0.05) is 25.1 Å². The van der Waals surface area contributed by atoms with E-state index in [2.05, 4.69) is 18.1 Å². The molecule has 0 N–H and O–H groups in total. The van der Waals surface area contributed by atoms with Crippen molar-refractivity contribution in [1.82, 2.24) is 9.78 Å². The first-order chi connectivity index (χ1) is 11.1. The highest BCUT2D eigenvalue weighted by molar-refractivity contribution is 5.97. The van der Waals surface area contributed by atoms with Crippen LogP contribution in [0.25, 0.3) is 0 Å². The van der Waals surface area contributed by atoms with Crippen LogP contribution in [-0.2, 0) is 16.6 Å². The number of amides is 1. The van der Waals surface area contributed by atoms with Crippen molar-refractivity contribution in [2.24, 2.45) is 13.0 Å². The zero-order valence-corrected chi connectivity index (χ0v) is 13.5. The van der Waals surface area contributed by atoms with Crippen molar-refractivity contribution >= 4 is 11.6 Å². The molecule has 5 nitrogen and oxygen atoms in total. The number of fused-ring (bicyclic) bond motifs is 1. The maximum Gasteiger partial charge on any atom is 0.233 e. The van der Waals surface area contributed by atoms with Crippen LogP contribution in [0, 0.1) is 5.92 Å². The lowest BCUT2D eigenvalue weighted by Crippen LogP contribution is -2.36. The number of benzene rings is 1. The first-order valence-corrected chi connectivity index (χ1v) is 8.15. The summed E-state index contributed by atoms with van der Waals surface area (Å²) >= 11 is 0. The third kappa shape index (κ3) is 2.36. The average Bonchev–Trinajstić information content (AvgIpc) is 3.26. The lowest BCUT2D eigenvalue weighted by Gasteiger charge is -2.24. The highest BCUT2D eigenvalue weighted by Crippen LogP contribution is 2.41. The van der Waals surface area contributed by atoms with Gasteiger partial charge in [-0.05, 0) is 18.1 Å². The zero-order valence-electron chi connectivity index (χ0n) is 13.5. The van der Waals surface area contributed by atoms with E-state index in [0.29, 0.717) is 12.5 Å². The smallest absolute Gasteiger partial charge is 0.233 e. The number of para-hydroxylation sites is 1. The number of ether oxygens (including phenoxy) is 1. The summed E-state index contributed by atoms with van der Waals surface area (Å²) in [6.45, 7) is 3.56. The second kappa shape index (κ2) is 5.49. The van der Waals surface area contributed by atoms with Crippen LogP contribution in [0.3, 0.4) is 0 Å². The van der Waals surface area contributed by atoms with Crippen molar-refractivity contribution in [1.29, 1.82) is 0 Å². The second-order valence-corrected chi connectivity index (χ2v) is 6.54. The van der Waals surface area contributed by atoms with E-state index in [1.54, 1.807) is 10.9 Å². The lowest BCUT2D eigenvalue weighted by atomic mass is 9.95. The Morgan fingerprint density at radius 3 is 2.96 bits per heavy atom. The molecule has 2 aliphatic rings. The topological polar surface area (TPSA) is 47.4 Å². The number of aryl methyl sites for hydroxylation is 1. The summed E-state index contributed by atoms with van der Waals surface area (Å²) in [5, 5.41) is 4.21. The molecule has 1 saturated heterocycles. The van der Waals surface area contributed by atoms with Crippen LogP contribution in [0.2, 0.25) is 0 Å². The molecule has 2 aliphatic heterocycles. The van der Waals surface area contributed by atoms with Gasteiger partial charge >= 0.3 is 0 Å². The fraction of sp³-hybridized carbons (Fsp3) is 0.444. The van der Waals surface area contributed by atoms with Crippen LogP contribution >= 0.6 is 0 Å². The van der Waals surface area contributed by atoms with E-state index in [1.807, 2.05) is 36.3 Å². The quantitative estimate of drug-likeness (QED) is 0.856. The molecular formula is C18H21N3O2. The minimum Gasteiger partial charge on any atom is -0.373 e. The van der Waals surface area contributed by atoms with E-state index in [9.17, 15) is 4.79 Å². The Hall–Kier alpha value is -2.14.